The summed E-state index contributed by atoms with van der Waals surface area (Å²) in [5, 5.41) is 0. The summed E-state index contributed by atoms with van der Waals surface area (Å²) >= 11 is 9.54. The van der Waals surface area contributed by atoms with Crippen LogP contribution in [0.5, 0.6) is 0 Å². The summed E-state index contributed by atoms with van der Waals surface area (Å²) < 4.78 is 0. The Morgan fingerprint density at radius 1 is 1.00 bits per heavy atom. The van der Waals surface area contributed by atoms with Crippen molar-refractivity contribution in [3.63, 3.8) is 0 Å². The molecule has 0 aliphatic rings. The van der Waals surface area contributed by atoms with E-state index < -0.39 is 0 Å². The Hall–Kier alpha value is 1.56. The molecule has 2 atom stereocenters. The van der Waals surface area contributed by atoms with Crippen molar-refractivity contribution in [1.29, 1.82) is 0 Å². The van der Waals surface area contributed by atoms with Gasteiger partial charge in [0.2, 0.25) is 0 Å². The molecule has 0 spiro atoms. The molecule has 0 fully saturated rings. The Balaban J connectivity index is 2.34. The molecule has 6 heavy (non-hydrogen) atoms. The first-order chi connectivity index (χ1) is 2.91. The molecular weight excluding hydrogens is 150 g/mol. The average Bonchev–Trinajstić information content (AvgIpc) is 1.61. The van der Waals surface area contributed by atoms with Crippen LogP contribution in [0.15, 0.2) is 0 Å². The highest BCUT2D eigenvalue weighted by atomic mass is 32.7. The lowest BCUT2D eigenvalue weighted by molar-refractivity contribution is 1.56. The van der Waals surface area contributed by atoms with Gasteiger partial charge in [-0.15, -0.1) is 15.6 Å². The third-order valence-electron chi connectivity index (χ3n) is 0.402. The molecule has 0 rings (SSSR count). The molecule has 0 amide bonds. The lowest BCUT2D eigenvalue weighted by atomic mass is 11.0. The molecule has 2 unspecified atom stereocenters. The van der Waals surface area contributed by atoms with Crippen LogP contribution >= 0.6 is 15.6 Å². The first-order valence-corrected chi connectivity index (χ1v) is 7.19. The molecule has 0 nitrogen and oxygen atoms in total. The minimum atomic E-state index is 0.321. The van der Waals surface area contributed by atoms with Gasteiger partial charge in [-0.3, -0.25) is 0 Å². The van der Waals surface area contributed by atoms with Gasteiger partial charge in [-0.2, -0.15) is 0 Å². The maximum atomic E-state index is 4.77. The lowest BCUT2D eigenvalue weighted by Crippen LogP contribution is -1.71. The highest BCUT2D eigenvalue weighted by Gasteiger charge is 1.76. The average molecular weight is 158 g/mol. The molecule has 0 aliphatic heterocycles. The van der Waals surface area contributed by atoms with E-state index in [1.165, 1.54) is 12.3 Å². The van der Waals surface area contributed by atoms with E-state index >= 15 is 0 Å². The van der Waals surface area contributed by atoms with E-state index in [9.17, 15) is 0 Å². The van der Waals surface area contributed by atoms with Crippen LogP contribution in [0.2, 0.25) is 0 Å². The summed E-state index contributed by atoms with van der Waals surface area (Å²) in [6.07, 6.45) is 2.49. The van der Waals surface area contributed by atoms with Crippen LogP contribution in [0, 0.1) is 0 Å². The fraction of sp³-hybridized carbons (Fsp3) is 1.00. The highest BCUT2D eigenvalue weighted by molar-refractivity contribution is 8.26. The van der Waals surface area contributed by atoms with Crippen molar-refractivity contribution in [2.45, 2.75) is 0 Å². The number of rotatable bonds is 3. The van der Waals surface area contributed by atoms with Gasteiger partial charge in [-0.05, 0) is 0 Å². The van der Waals surface area contributed by atoms with E-state index in [1.54, 1.807) is 0 Å². The topological polar surface area (TPSA) is 0 Å². The van der Waals surface area contributed by atoms with Crippen molar-refractivity contribution in [3.05, 3.63) is 0 Å². The van der Waals surface area contributed by atoms with Gasteiger partial charge in [0.25, 0.3) is 0 Å². The Labute approximate surface area is 52.7 Å². The SMILES string of the molecule is [S-][PH2+]CC[PH2+][S-]. The molecule has 0 aliphatic carbocycles. The summed E-state index contributed by atoms with van der Waals surface area (Å²) in [6, 6.07) is 0. The fourth-order valence-electron chi connectivity index (χ4n) is 0.136. The monoisotopic (exact) mass is 158 g/mol. The first kappa shape index (κ1) is 7.56. The molecule has 0 aromatic heterocycles. The number of hydrogen-bond acceptors (Lipinski definition) is 2. The molecule has 0 bridgehead atoms. The summed E-state index contributed by atoms with van der Waals surface area (Å²) in [6.45, 7) is 0. The van der Waals surface area contributed by atoms with Crippen molar-refractivity contribution in [1.82, 2.24) is 0 Å². The smallest absolute Gasteiger partial charge is 0.0668 e. The Kier molecular flexibility index (Phi) is 8.27. The minimum Gasteiger partial charge on any atom is -0.561 e. The van der Waals surface area contributed by atoms with E-state index in [0.29, 0.717) is 15.6 Å². The molecule has 0 N–H and O–H groups in total. The second-order valence-corrected chi connectivity index (χ2v) is 4.73. The molecule has 0 heterocycles. The first-order valence-electron chi connectivity index (χ1n) is 1.79. The molecule has 0 aromatic rings. The molecule has 0 aromatic carbocycles. The van der Waals surface area contributed by atoms with Gasteiger partial charge >= 0.3 is 0 Å². The second kappa shape index (κ2) is 6.56. The van der Waals surface area contributed by atoms with Crippen LogP contribution in [0.4, 0.5) is 0 Å². The standard InChI is InChI=1S/C2H8P2S2/c5-3-1-2-4-6/h1-4H2. The maximum Gasteiger partial charge on any atom is 0.0668 e. The second-order valence-electron chi connectivity index (χ2n) is 0.911. The molecule has 0 saturated carbocycles. The van der Waals surface area contributed by atoms with E-state index in [4.69, 9.17) is 24.5 Å². The van der Waals surface area contributed by atoms with Crippen molar-refractivity contribution in [3.8, 4) is 0 Å². The van der Waals surface area contributed by atoms with Crippen LogP contribution in [0.3, 0.4) is 0 Å². The van der Waals surface area contributed by atoms with E-state index in [0.717, 1.165) is 0 Å². The summed E-state index contributed by atoms with van der Waals surface area (Å²) in [5.41, 5.74) is 0. The Morgan fingerprint density at radius 3 is 1.50 bits per heavy atom. The maximum absolute atomic E-state index is 4.77. The van der Waals surface area contributed by atoms with Crippen molar-refractivity contribution < 1.29 is 0 Å². The largest absolute Gasteiger partial charge is 0.561 e. The number of hydrogen-bond donors (Lipinski definition) is 0. The van der Waals surface area contributed by atoms with E-state index in [-0.39, 0.29) is 0 Å². The van der Waals surface area contributed by atoms with Gasteiger partial charge in [-0.25, -0.2) is 0 Å². The van der Waals surface area contributed by atoms with Crippen LogP contribution in [-0.4, -0.2) is 12.3 Å². The van der Waals surface area contributed by atoms with Crippen LogP contribution in [0.25, 0.3) is 0 Å². The zero-order chi connectivity index (χ0) is 4.83. The van der Waals surface area contributed by atoms with Crippen LogP contribution in [0.1, 0.15) is 0 Å². The van der Waals surface area contributed by atoms with Crippen LogP contribution < -0.4 is 0 Å². The molecule has 0 saturated heterocycles. The van der Waals surface area contributed by atoms with Gasteiger partial charge in [0.05, 0.1) is 12.3 Å². The predicted octanol–water partition coefficient (Wildman–Crippen LogP) is 0.732. The van der Waals surface area contributed by atoms with Crippen molar-refractivity contribution in [2.24, 2.45) is 0 Å². The van der Waals surface area contributed by atoms with Gasteiger partial charge in [0.15, 0.2) is 0 Å². The highest BCUT2D eigenvalue weighted by Crippen LogP contribution is 2.11. The summed E-state index contributed by atoms with van der Waals surface area (Å²) in [5.74, 6) is 0. The van der Waals surface area contributed by atoms with Crippen LogP contribution in [-0.2, 0) is 24.5 Å². The van der Waals surface area contributed by atoms with Gasteiger partial charge in [0, 0.05) is 0 Å². The van der Waals surface area contributed by atoms with Crippen molar-refractivity contribution >= 4 is 40.1 Å². The molecular formula is C2H8P2S2. The Morgan fingerprint density at radius 2 is 1.33 bits per heavy atom. The summed E-state index contributed by atoms with van der Waals surface area (Å²) in [4.78, 5) is 0. The van der Waals surface area contributed by atoms with Crippen molar-refractivity contribution in [2.75, 3.05) is 12.3 Å². The molecule has 0 radical (unpaired) electrons. The fourth-order valence-corrected chi connectivity index (χ4v) is 3.67. The third kappa shape index (κ3) is 5.56. The summed E-state index contributed by atoms with van der Waals surface area (Å²) in [7, 11) is 0.643. The normalized spacial score (nSPS) is 13.0. The zero-order valence-corrected chi connectivity index (χ0v) is 7.33. The van der Waals surface area contributed by atoms with Gasteiger partial charge in [0.1, 0.15) is 0 Å². The Bertz CT molecular complexity index is 21.5. The van der Waals surface area contributed by atoms with Gasteiger partial charge < -0.3 is 24.5 Å². The van der Waals surface area contributed by atoms with Gasteiger partial charge in [-0.1, -0.05) is 0 Å². The minimum absolute atomic E-state index is 0.321. The molecule has 4 heteroatoms. The lowest BCUT2D eigenvalue weighted by Gasteiger charge is -1.90. The quantitative estimate of drug-likeness (QED) is 0.337. The third-order valence-corrected chi connectivity index (χ3v) is 3.62. The van der Waals surface area contributed by atoms with E-state index in [2.05, 4.69) is 0 Å². The zero-order valence-electron chi connectivity index (χ0n) is 3.39. The predicted molar refractivity (Wildman–Crippen MR) is 43.9 cm³/mol. The molecule has 38 valence electrons. The van der Waals surface area contributed by atoms with E-state index in [1.807, 2.05) is 0 Å².